The van der Waals surface area contributed by atoms with Crippen LogP contribution in [0, 0.1) is 0 Å². The molecule has 0 aliphatic carbocycles. The molecule has 1 rings (SSSR count). The number of nitrogen functional groups attached to an aromatic ring is 1. The van der Waals surface area contributed by atoms with Gasteiger partial charge in [-0.1, -0.05) is 17.7 Å². The van der Waals surface area contributed by atoms with E-state index in [1.54, 1.807) is 0 Å². The molecule has 0 unspecified atom stereocenters. The van der Waals surface area contributed by atoms with Gasteiger partial charge in [-0.05, 0) is 18.2 Å². The molecule has 0 radical (unpaired) electrons. The van der Waals surface area contributed by atoms with Crippen LogP contribution in [-0.4, -0.2) is 15.7 Å². The summed E-state index contributed by atoms with van der Waals surface area (Å²) in [7, 11) is 0. The monoisotopic (exact) mass is 215 g/mol. The van der Waals surface area contributed by atoms with Crippen LogP contribution in [0.15, 0.2) is 12.3 Å². The van der Waals surface area contributed by atoms with Gasteiger partial charge in [0.2, 0.25) is 0 Å². The van der Waals surface area contributed by atoms with E-state index in [-0.39, 0.29) is 0 Å². The average Bonchev–Trinajstić information content (AvgIpc) is 2.09. The molecule has 0 aliphatic heterocycles. The maximum Gasteiger partial charge on any atom is 0.157 e. The molecule has 0 bridgehead atoms. The summed E-state index contributed by atoms with van der Waals surface area (Å²) in [6.45, 7) is 0. The number of hydrogen-bond donors (Lipinski definition) is 2. The summed E-state index contributed by atoms with van der Waals surface area (Å²) in [6.07, 6.45) is 6.11. The van der Waals surface area contributed by atoms with Crippen LogP contribution in [0.1, 0.15) is 12.1 Å². The minimum absolute atomic E-state index is 0.329. The second-order valence-corrected chi connectivity index (χ2v) is 3.19. The Morgan fingerprint density at radius 1 is 1.62 bits per heavy atom. The van der Waals surface area contributed by atoms with E-state index in [9.17, 15) is 0 Å². The maximum absolute atomic E-state index is 5.78. The first-order chi connectivity index (χ1) is 6.24. The maximum atomic E-state index is 5.78. The Labute approximate surface area is 87.4 Å². The van der Waals surface area contributed by atoms with E-state index in [0.717, 1.165) is 12.2 Å². The second-order valence-electron chi connectivity index (χ2n) is 2.39. The van der Waals surface area contributed by atoms with Gasteiger partial charge in [-0.15, -0.1) is 0 Å². The third-order valence-corrected chi connectivity index (χ3v) is 1.88. The van der Waals surface area contributed by atoms with Gasteiger partial charge in [0.05, 0.1) is 6.20 Å². The Balaban J connectivity index is 2.77. The first-order valence-electron chi connectivity index (χ1n) is 3.79. The van der Waals surface area contributed by atoms with Crippen molar-refractivity contribution in [3.63, 3.8) is 0 Å². The molecule has 13 heavy (non-hydrogen) atoms. The van der Waals surface area contributed by atoms with Gasteiger partial charge >= 0.3 is 0 Å². The van der Waals surface area contributed by atoms with E-state index in [1.807, 2.05) is 12.2 Å². The first-order valence-corrected chi connectivity index (χ1v) is 4.80. The third-order valence-electron chi connectivity index (χ3n) is 1.35. The Bertz CT molecular complexity index is 314. The number of nitrogens with zero attached hydrogens (tertiary/aromatic N) is 2. The Kier molecular flexibility index (Phi) is 4.05. The quantitative estimate of drug-likeness (QED) is 0.759. The van der Waals surface area contributed by atoms with Gasteiger partial charge in [0.1, 0.15) is 11.5 Å². The summed E-state index contributed by atoms with van der Waals surface area (Å²) >= 11 is 9.85. The number of rotatable bonds is 3. The Morgan fingerprint density at radius 3 is 3.00 bits per heavy atom. The number of thiol groups is 1. The van der Waals surface area contributed by atoms with E-state index < -0.39 is 0 Å². The van der Waals surface area contributed by atoms with Crippen LogP contribution in [0.3, 0.4) is 0 Å². The molecule has 0 fully saturated rings. The number of hydrogen-bond acceptors (Lipinski definition) is 4. The van der Waals surface area contributed by atoms with Crippen molar-refractivity contribution in [1.29, 1.82) is 0 Å². The van der Waals surface area contributed by atoms with Crippen LogP contribution in [0.4, 0.5) is 5.82 Å². The van der Waals surface area contributed by atoms with E-state index in [2.05, 4.69) is 22.6 Å². The zero-order valence-electron chi connectivity index (χ0n) is 6.94. The summed E-state index contributed by atoms with van der Waals surface area (Å²) in [5, 5.41) is 0.329. The molecule has 0 spiro atoms. The molecular formula is C8H10ClN3S. The summed E-state index contributed by atoms with van der Waals surface area (Å²) in [5.41, 5.74) is 6.02. The van der Waals surface area contributed by atoms with Crippen LogP contribution < -0.4 is 5.73 Å². The fraction of sp³-hybridized carbons (Fsp3) is 0.250. The zero-order chi connectivity index (χ0) is 9.68. The minimum Gasteiger partial charge on any atom is -0.382 e. The van der Waals surface area contributed by atoms with Crippen LogP contribution in [0.2, 0.25) is 5.15 Å². The third kappa shape index (κ3) is 3.24. The number of allylic oxidation sites excluding steroid dienone is 1. The van der Waals surface area contributed by atoms with E-state index in [4.69, 9.17) is 17.3 Å². The fourth-order valence-corrected chi connectivity index (χ4v) is 1.13. The van der Waals surface area contributed by atoms with E-state index in [1.165, 1.54) is 6.20 Å². The second kappa shape index (κ2) is 5.09. The molecule has 1 aromatic rings. The molecule has 0 amide bonds. The van der Waals surface area contributed by atoms with Crippen molar-refractivity contribution in [2.45, 2.75) is 6.42 Å². The molecule has 0 saturated carbocycles. The molecule has 0 saturated heterocycles. The van der Waals surface area contributed by atoms with Gasteiger partial charge in [-0.2, -0.15) is 12.6 Å². The lowest BCUT2D eigenvalue weighted by molar-refractivity contribution is 1.18. The number of anilines is 1. The van der Waals surface area contributed by atoms with Crippen LogP contribution >= 0.6 is 24.2 Å². The molecule has 1 aromatic heterocycles. The topological polar surface area (TPSA) is 51.8 Å². The van der Waals surface area contributed by atoms with Crippen molar-refractivity contribution in [1.82, 2.24) is 9.97 Å². The van der Waals surface area contributed by atoms with Crippen LogP contribution in [-0.2, 0) is 0 Å². The highest BCUT2D eigenvalue weighted by atomic mass is 35.5. The van der Waals surface area contributed by atoms with Crippen molar-refractivity contribution in [2.75, 3.05) is 11.5 Å². The van der Waals surface area contributed by atoms with E-state index >= 15 is 0 Å². The van der Waals surface area contributed by atoms with E-state index in [0.29, 0.717) is 16.7 Å². The first kappa shape index (κ1) is 10.3. The van der Waals surface area contributed by atoms with Crippen molar-refractivity contribution in [3.05, 3.63) is 23.1 Å². The van der Waals surface area contributed by atoms with Crippen LogP contribution in [0.5, 0.6) is 0 Å². The fourth-order valence-electron chi connectivity index (χ4n) is 0.770. The predicted octanol–water partition coefficient (Wildman–Crippen LogP) is 2.05. The van der Waals surface area contributed by atoms with Gasteiger partial charge in [-0.25, -0.2) is 9.97 Å². The number of aromatic nitrogens is 2. The molecule has 3 nitrogen and oxygen atoms in total. The van der Waals surface area contributed by atoms with Gasteiger partial charge in [0.15, 0.2) is 5.15 Å². The molecule has 0 aliphatic rings. The number of halogens is 1. The summed E-state index contributed by atoms with van der Waals surface area (Å²) in [6, 6.07) is 0. The van der Waals surface area contributed by atoms with Crippen molar-refractivity contribution in [2.24, 2.45) is 0 Å². The Morgan fingerprint density at radius 2 is 2.38 bits per heavy atom. The zero-order valence-corrected chi connectivity index (χ0v) is 8.59. The molecular weight excluding hydrogens is 206 g/mol. The highest BCUT2D eigenvalue weighted by Crippen LogP contribution is 2.13. The molecule has 0 atom stereocenters. The Hall–Kier alpha value is -0.740. The highest BCUT2D eigenvalue weighted by molar-refractivity contribution is 7.80. The smallest absolute Gasteiger partial charge is 0.157 e. The summed E-state index contributed by atoms with van der Waals surface area (Å²) in [4.78, 5) is 7.88. The average molecular weight is 216 g/mol. The SMILES string of the molecule is Nc1cnc(C=CCCS)c(Cl)n1. The molecule has 70 valence electrons. The molecule has 5 heteroatoms. The highest BCUT2D eigenvalue weighted by Gasteiger charge is 1.98. The van der Waals surface area contributed by atoms with Gasteiger partial charge in [0, 0.05) is 0 Å². The van der Waals surface area contributed by atoms with Gasteiger partial charge in [0.25, 0.3) is 0 Å². The van der Waals surface area contributed by atoms with Crippen molar-refractivity contribution >= 4 is 36.1 Å². The largest absolute Gasteiger partial charge is 0.382 e. The lowest BCUT2D eigenvalue weighted by Gasteiger charge is -1.96. The lowest BCUT2D eigenvalue weighted by atomic mass is 10.3. The molecule has 1 heterocycles. The van der Waals surface area contributed by atoms with Crippen molar-refractivity contribution < 1.29 is 0 Å². The number of nitrogens with two attached hydrogens (primary N) is 1. The summed E-state index contributed by atoms with van der Waals surface area (Å²) < 4.78 is 0. The molecule has 0 aromatic carbocycles. The predicted molar refractivity (Wildman–Crippen MR) is 59.0 cm³/mol. The lowest BCUT2D eigenvalue weighted by Crippen LogP contribution is -1.94. The molecule has 2 N–H and O–H groups in total. The van der Waals surface area contributed by atoms with Crippen molar-refractivity contribution in [3.8, 4) is 0 Å². The summed E-state index contributed by atoms with van der Waals surface area (Å²) in [5.74, 6) is 1.13. The van der Waals surface area contributed by atoms with Crippen LogP contribution in [0.25, 0.3) is 6.08 Å². The standard InChI is InChI=1S/C8H10ClN3S/c9-8-6(3-1-2-4-13)11-5-7(10)12-8/h1,3,5,13H,2,4H2,(H2,10,12). The van der Waals surface area contributed by atoms with Gasteiger partial charge in [-0.3, -0.25) is 0 Å². The minimum atomic E-state index is 0.329. The van der Waals surface area contributed by atoms with Gasteiger partial charge < -0.3 is 5.73 Å². The normalized spacial score (nSPS) is 10.9.